The third-order valence-electron chi connectivity index (χ3n) is 7.27. The molecule has 2 unspecified atom stereocenters. The van der Waals surface area contributed by atoms with E-state index in [4.69, 9.17) is 4.74 Å². The summed E-state index contributed by atoms with van der Waals surface area (Å²) in [6.07, 6.45) is -1.66. The van der Waals surface area contributed by atoms with Gasteiger partial charge in [0.2, 0.25) is 17.7 Å². The predicted molar refractivity (Wildman–Crippen MR) is 157 cm³/mol. The summed E-state index contributed by atoms with van der Waals surface area (Å²) in [6, 6.07) is 15.0. The Bertz CT molecular complexity index is 1200. The van der Waals surface area contributed by atoms with Gasteiger partial charge in [0.25, 0.3) is 0 Å². The first-order chi connectivity index (χ1) is 19.9. The molecule has 2 aromatic carbocycles. The molecule has 5 N–H and O–H groups in total. The van der Waals surface area contributed by atoms with Gasteiger partial charge in [0.05, 0.1) is 18.8 Å². The number of nitrogens with one attached hydrogen (secondary N) is 3. The predicted octanol–water partition coefficient (Wildman–Crippen LogP) is 1.46. The Hall–Kier alpha value is -3.60. The molecule has 2 aromatic rings. The molecule has 1 heterocycles. The van der Waals surface area contributed by atoms with Gasteiger partial charge < -0.3 is 30.9 Å². The van der Waals surface area contributed by atoms with Crippen LogP contribution in [0.4, 0.5) is 0 Å². The fourth-order valence-electron chi connectivity index (χ4n) is 4.65. The molecule has 228 valence electrons. The highest BCUT2D eigenvalue weighted by Gasteiger charge is 2.50. The molecular weight excluding hydrogens is 538 g/mol. The Balaban J connectivity index is 1.72. The Morgan fingerprint density at radius 3 is 1.88 bits per heavy atom. The van der Waals surface area contributed by atoms with E-state index in [1.165, 1.54) is 6.92 Å². The molecule has 0 radical (unpaired) electrons. The second-order valence-corrected chi connectivity index (χ2v) is 11.6. The molecule has 0 saturated carbocycles. The number of hydrogen-bond donors (Lipinski definition) is 5. The number of carbonyl (C=O) groups excluding carboxylic acids is 4. The second kappa shape index (κ2) is 15.0. The number of ketones is 1. The van der Waals surface area contributed by atoms with Crippen LogP contribution in [0.5, 0.6) is 0 Å². The van der Waals surface area contributed by atoms with Crippen molar-refractivity contribution >= 4 is 23.5 Å². The maximum absolute atomic E-state index is 13.6. The fraction of sp³-hybridized carbons (Fsp3) is 0.500. The summed E-state index contributed by atoms with van der Waals surface area (Å²) in [5.74, 6) is -2.31. The van der Waals surface area contributed by atoms with Crippen LogP contribution in [0.2, 0.25) is 0 Å². The van der Waals surface area contributed by atoms with Crippen LogP contribution in [0, 0.1) is 5.92 Å². The van der Waals surface area contributed by atoms with Crippen LogP contribution in [-0.4, -0.2) is 76.3 Å². The molecule has 0 aliphatic carbocycles. The number of Topliss-reactive ketones (excluding diaryl/α,β-unsaturated/α-hetero) is 1. The lowest BCUT2D eigenvalue weighted by molar-refractivity contribution is -0.138. The zero-order chi connectivity index (χ0) is 30.9. The number of hydrogen-bond acceptors (Lipinski definition) is 7. The van der Waals surface area contributed by atoms with Crippen molar-refractivity contribution in [2.45, 2.75) is 89.3 Å². The molecule has 1 fully saturated rings. The van der Waals surface area contributed by atoms with Gasteiger partial charge in [-0.15, -0.1) is 0 Å². The van der Waals surface area contributed by atoms with Crippen LogP contribution in [0.1, 0.15) is 51.7 Å². The van der Waals surface area contributed by atoms with Gasteiger partial charge in [-0.2, -0.15) is 0 Å². The topological polar surface area (TPSA) is 157 Å². The summed E-state index contributed by atoms with van der Waals surface area (Å²) in [7, 11) is 0. The first-order valence-electron chi connectivity index (χ1n) is 14.4. The molecule has 10 nitrogen and oxygen atoms in total. The van der Waals surface area contributed by atoms with Crippen molar-refractivity contribution in [3.05, 3.63) is 71.8 Å². The van der Waals surface area contributed by atoms with Gasteiger partial charge in [0.15, 0.2) is 5.78 Å². The molecule has 10 heteroatoms. The van der Waals surface area contributed by atoms with Crippen LogP contribution in [0.15, 0.2) is 60.7 Å². The SMILES string of the molecule is CC(C)CC(NC(=O)[C@H](Cc1ccccc1)NC(=O)C(NC(=O)[C@@H](O)CCc1ccccc1)[C@@H](C)O)C(=O)[C@@]1(C)CO1. The van der Waals surface area contributed by atoms with E-state index < -0.39 is 53.7 Å². The number of aliphatic hydroxyl groups is 2. The van der Waals surface area contributed by atoms with E-state index in [1.54, 1.807) is 31.2 Å². The highest BCUT2D eigenvalue weighted by Crippen LogP contribution is 2.29. The normalized spacial score (nSPS) is 19.6. The second-order valence-electron chi connectivity index (χ2n) is 11.6. The summed E-state index contributed by atoms with van der Waals surface area (Å²) < 4.78 is 5.32. The van der Waals surface area contributed by atoms with E-state index in [0.29, 0.717) is 12.8 Å². The molecule has 0 spiro atoms. The zero-order valence-corrected chi connectivity index (χ0v) is 24.7. The summed E-state index contributed by atoms with van der Waals surface area (Å²) in [5, 5.41) is 28.7. The lowest BCUT2D eigenvalue weighted by Gasteiger charge is -2.27. The number of benzene rings is 2. The molecule has 1 saturated heterocycles. The zero-order valence-electron chi connectivity index (χ0n) is 24.7. The standard InChI is InChI=1S/C32H43N3O7/c1-20(2)17-24(28(38)32(4)19-42-32)33-29(39)25(18-23-13-9-6-10-14-23)34-31(41)27(21(3)36)35-30(40)26(37)16-15-22-11-7-5-8-12-22/h5-14,20-21,24-27,36-37H,15-19H2,1-4H3,(H,33,39)(H,34,41)(H,35,40)/t21-,24?,25+,26+,27?,32-/m1/s1. The first kappa shape index (κ1) is 32.9. The molecule has 0 bridgehead atoms. The van der Waals surface area contributed by atoms with Crippen molar-refractivity contribution in [2.75, 3.05) is 6.61 Å². The van der Waals surface area contributed by atoms with Crippen LogP contribution >= 0.6 is 0 Å². The molecule has 42 heavy (non-hydrogen) atoms. The molecule has 1 aliphatic heterocycles. The average molecular weight is 582 g/mol. The smallest absolute Gasteiger partial charge is 0.249 e. The summed E-state index contributed by atoms with van der Waals surface area (Å²) in [5.41, 5.74) is 0.769. The van der Waals surface area contributed by atoms with Crippen LogP contribution in [0.3, 0.4) is 0 Å². The molecule has 6 atom stereocenters. The number of carbonyl (C=O) groups is 4. The van der Waals surface area contributed by atoms with E-state index >= 15 is 0 Å². The third-order valence-corrected chi connectivity index (χ3v) is 7.27. The molecular formula is C32H43N3O7. The molecule has 3 amide bonds. The van der Waals surface area contributed by atoms with Gasteiger partial charge in [0, 0.05) is 6.42 Å². The third kappa shape index (κ3) is 9.75. The number of epoxide rings is 1. The van der Waals surface area contributed by atoms with Crippen molar-refractivity contribution in [3.8, 4) is 0 Å². The van der Waals surface area contributed by atoms with Gasteiger partial charge in [-0.25, -0.2) is 0 Å². The Labute approximate surface area is 247 Å². The minimum atomic E-state index is -1.43. The Morgan fingerprint density at radius 2 is 1.36 bits per heavy atom. The number of aryl methyl sites for hydroxylation is 1. The van der Waals surface area contributed by atoms with Crippen LogP contribution in [-0.2, 0) is 36.8 Å². The summed E-state index contributed by atoms with van der Waals surface area (Å²) >= 11 is 0. The van der Waals surface area contributed by atoms with Crippen molar-refractivity contribution in [3.63, 3.8) is 0 Å². The summed E-state index contributed by atoms with van der Waals surface area (Å²) in [4.78, 5) is 52.8. The highest BCUT2D eigenvalue weighted by molar-refractivity contribution is 5.98. The summed E-state index contributed by atoms with van der Waals surface area (Å²) in [6.45, 7) is 7.18. The Morgan fingerprint density at radius 1 is 0.810 bits per heavy atom. The minimum Gasteiger partial charge on any atom is -0.391 e. The first-order valence-corrected chi connectivity index (χ1v) is 14.4. The number of aliphatic hydroxyl groups excluding tert-OH is 2. The lowest BCUT2D eigenvalue weighted by atomic mass is 9.93. The van der Waals surface area contributed by atoms with E-state index in [9.17, 15) is 29.4 Å². The number of ether oxygens (including phenoxy) is 1. The maximum Gasteiger partial charge on any atom is 0.249 e. The van der Waals surface area contributed by atoms with Gasteiger partial charge in [-0.3, -0.25) is 19.2 Å². The van der Waals surface area contributed by atoms with Crippen LogP contribution in [0.25, 0.3) is 0 Å². The van der Waals surface area contributed by atoms with Crippen molar-refractivity contribution in [2.24, 2.45) is 5.92 Å². The van der Waals surface area contributed by atoms with Crippen LogP contribution < -0.4 is 16.0 Å². The fourth-order valence-corrected chi connectivity index (χ4v) is 4.65. The van der Waals surface area contributed by atoms with E-state index in [0.717, 1.165) is 11.1 Å². The molecule has 1 aliphatic rings. The minimum absolute atomic E-state index is 0.104. The highest BCUT2D eigenvalue weighted by atomic mass is 16.6. The van der Waals surface area contributed by atoms with E-state index in [-0.39, 0.29) is 31.1 Å². The molecule has 3 rings (SSSR count). The van der Waals surface area contributed by atoms with E-state index in [1.807, 2.05) is 50.2 Å². The lowest BCUT2D eigenvalue weighted by Crippen LogP contribution is -2.60. The number of amides is 3. The van der Waals surface area contributed by atoms with Crippen molar-refractivity contribution in [1.82, 2.24) is 16.0 Å². The van der Waals surface area contributed by atoms with Crippen molar-refractivity contribution < 1.29 is 34.1 Å². The largest absolute Gasteiger partial charge is 0.391 e. The average Bonchev–Trinajstić information content (AvgIpc) is 3.72. The number of rotatable bonds is 16. The maximum atomic E-state index is 13.6. The molecule has 0 aromatic heterocycles. The van der Waals surface area contributed by atoms with Gasteiger partial charge in [-0.05, 0) is 50.2 Å². The quantitative estimate of drug-likeness (QED) is 0.188. The van der Waals surface area contributed by atoms with Gasteiger partial charge >= 0.3 is 0 Å². The Kier molecular flexibility index (Phi) is 11.8. The van der Waals surface area contributed by atoms with E-state index in [2.05, 4.69) is 16.0 Å². The monoisotopic (exact) mass is 581 g/mol. The van der Waals surface area contributed by atoms with Gasteiger partial charge in [-0.1, -0.05) is 74.5 Å². The van der Waals surface area contributed by atoms with Gasteiger partial charge in [0.1, 0.15) is 23.8 Å². The van der Waals surface area contributed by atoms with Crippen molar-refractivity contribution in [1.29, 1.82) is 0 Å².